The second-order valence-corrected chi connectivity index (χ2v) is 5.72. The summed E-state index contributed by atoms with van der Waals surface area (Å²) in [5.41, 5.74) is 2.70. The Morgan fingerprint density at radius 1 is 1.26 bits per heavy atom. The standard InChI is InChI=1S/C16H21N5O2/c1-20(16(22)15-10-17-19-18-15)11-13-2-4-14(5-3-13)12-21-6-8-23-9-7-21/h2-5,10H,6-9,11-12H2,1H3,(H,17,18,19). The summed E-state index contributed by atoms with van der Waals surface area (Å²) < 4.78 is 5.36. The number of hydrogen-bond acceptors (Lipinski definition) is 5. The number of ether oxygens (including phenoxy) is 1. The van der Waals surface area contributed by atoms with Crippen molar-refractivity contribution >= 4 is 5.91 Å². The maximum Gasteiger partial charge on any atom is 0.276 e. The van der Waals surface area contributed by atoms with Crippen LogP contribution in [0.2, 0.25) is 0 Å². The lowest BCUT2D eigenvalue weighted by Crippen LogP contribution is -2.35. The Kier molecular flexibility index (Phi) is 4.99. The van der Waals surface area contributed by atoms with E-state index in [0.29, 0.717) is 12.2 Å². The van der Waals surface area contributed by atoms with Gasteiger partial charge in [0.25, 0.3) is 5.91 Å². The first-order chi connectivity index (χ1) is 11.2. The van der Waals surface area contributed by atoms with Gasteiger partial charge in [0.2, 0.25) is 0 Å². The number of carbonyl (C=O) groups is 1. The average Bonchev–Trinajstić information content (AvgIpc) is 3.11. The van der Waals surface area contributed by atoms with Gasteiger partial charge in [0.1, 0.15) is 0 Å². The number of nitrogens with one attached hydrogen (secondary N) is 1. The first-order valence-electron chi connectivity index (χ1n) is 7.71. The van der Waals surface area contributed by atoms with E-state index in [1.54, 1.807) is 11.9 Å². The number of H-pyrrole nitrogens is 1. The first kappa shape index (κ1) is 15.6. The summed E-state index contributed by atoms with van der Waals surface area (Å²) in [6.45, 7) is 5.08. The fourth-order valence-electron chi connectivity index (χ4n) is 2.61. The molecule has 0 spiro atoms. The third-order valence-electron chi connectivity index (χ3n) is 3.93. The Labute approximate surface area is 135 Å². The molecule has 0 aliphatic carbocycles. The molecule has 2 aromatic rings. The Balaban J connectivity index is 1.55. The van der Waals surface area contributed by atoms with Gasteiger partial charge in [-0.2, -0.15) is 15.4 Å². The number of aromatic nitrogens is 3. The van der Waals surface area contributed by atoms with E-state index < -0.39 is 0 Å². The van der Waals surface area contributed by atoms with Crippen LogP contribution in [0.3, 0.4) is 0 Å². The van der Waals surface area contributed by atoms with Gasteiger partial charge in [-0.1, -0.05) is 24.3 Å². The number of amides is 1. The molecule has 1 fully saturated rings. The van der Waals surface area contributed by atoms with Crippen molar-refractivity contribution in [2.45, 2.75) is 13.1 Å². The number of rotatable bonds is 5. The summed E-state index contributed by atoms with van der Waals surface area (Å²) in [7, 11) is 1.76. The lowest BCUT2D eigenvalue weighted by Gasteiger charge is -2.26. The molecule has 0 atom stereocenters. The van der Waals surface area contributed by atoms with E-state index >= 15 is 0 Å². The Morgan fingerprint density at radius 2 is 1.96 bits per heavy atom. The lowest BCUT2D eigenvalue weighted by molar-refractivity contribution is 0.0342. The fourth-order valence-corrected chi connectivity index (χ4v) is 2.61. The predicted molar refractivity (Wildman–Crippen MR) is 84.7 cm³/mol. The molecule has 0 radical (unpaired) electrons. The van der Waals surface area contributed by atoms with Crippen molar-refractivity contribution in [3.63, 3.8) is 0 Å². The summed E-state index contributed by atoms with van der Waals surface area (Å²) in [6, 6.07) is 8.39. The highest BCUT2D eigenvalue weighted by atomic mass is 16.5. The van der Waals surface area contributed by atoms with Crippen molar-refractivity contribution in [3.8, 4) is 0 Å². The molecule has 1 aromatic carbocycles. The molecule has 7 nitrogen and oxygen atoms in total. The Morgan fingerprint density at radius 3 is 2.61 bits per heavy atom. The van der Waals surface area contributed by atoms with Gasteiger partial charge >= 0.3 is 0 Å². The molecule has 1 amide bonds. The number of aromatic amines is 1. The van der Waals surface area contributed by atoms with Crippen LogP contribution in [0, 0.1) is 0 Å². The van der Waals surface area contributed by atoms with E-state index in [2.05, 4.69) is 44.6 Å². The minimum Gasteiger partial charge on any atom is -0.379 e. The van der Waals surface area contributed by atoms with Gasteiger partial charge in [-0.25, -0.2) is 0 Å². The normalized spacial score (nSPS) is 15.5. The molecule has 0 bridgehead atoms. The zero-order valence-electron chi connectivity index (χ0n) is 13.2. The Bertz CT molecular complexity index is 620. The molecule has 1 N–H and O–H groups in total. The third-order valence-corrected chi connectivity index (χ3v) is 3.93. The second-order valence-electron chi connectivity index (χ2n) is 5.72. The van der Waals surface area contributed by atoms with Gasteiger partial charge in [-0.15, -0.1) is 0 Å². The Hall–Kier alpha value is -2.25. The molecule has 23 heavy (non-hydrogen) atoms. The molecule has 2 heterocycles. The van der Waals surface area contributed by atoms with Crippen molar-refractivity contribution in [3.05, 3.63) is 47.3 Å². The summed E-state index contributed by atoms with van der Waals surface area (Å²) >= 11 is 0. The number of morpholine rings is 1. The van der Waals surface area contributed by atoms with Crippen molar-refractivity contribution in [2.24, 2.45) is 0 Å². The first-order valence-corrected chi connectivity index (χ1v) is 7.71. The highest BCUT2D eigenvalue weighted by molar-refractivity contribution is 5.91. The van der Waals surface area contributed by atoms with E-state index in [-0.39, 0.29) is 5.91 Å². The van der Waals surface area contributed by atoms with Crippen LogP contribution in [0.4, 0.5) is 0 Å². The fraction of sp³-hybridized carbons (Fsp3) is 0.438. The maximum absolute atomic E-state index is 12.1. The lowest BCUT2D eigenvalue weighted by atomic mass is 10.1. The highest BCUT2D eigenvalue weighted by Gasteiger charge is 2.15. The van der Waals surface area contributed by atoms with Crippen LogP contribution in [0.1, 0.15) is 21.6 Å². The predicted octanol–water partition coefficient (Wildman–Crippen LogP) is 0.909. The van der Waals surface area contributed by atoms with Crippen molar-refractivity contribution < 1.29 is 9.53 Å². The van der Waals surface area contributed by atoms with Crippen LogP contribution in [-0.2, 0) is 17.8 Å². The van der Waals surface area contributed by atoms with Crippen molar-refractivity contribution in [2.75, 3.05) is 33.4 Å². The molecule has 0 saturated carbocycles. The largest absolute Gasteiger partial charge is 0.379 e. The van der Waals surface area contributed by atoms with Gasteiger partial charge in [0.05, 0.1) is 19.4 Å². The van der Waals surface area contributed by atoms with Crippen LogP contribution in [0.25, 0.3) is 0 Å². The minimum absolute atomic E-state index is 0.142. The number of nitrogens with zero attached hydrogens (tertiary/aromatic N) is 4. The molecule has 1 aliphatic heterocycles. The molecule has 0 unspecified atom stereocenters. The number of carbonyl (C=O) groups excluding carboxylic acids is 1. The molecule has 122 valence electrons. The SMILES string of the molecule is CN(Cc1ccc(CN2CCOCC2)cc1)C(=O)c1cn[nH]n1. The molecule has 3 rings (SSSR count). The molecular weight excluding hydrogens is 294 g/mol. The van der Waals surface area contributed by atoms with E-state index in [1.165, 1.54) is 11.8 Å². The second kappa shape index (κ2) is 7.34. The molecule has 1 saturated heterocycles. The summed E-state index contributed by atoms with van der Waals surface area (Å²) in [5, 5.41) is 9.93. The van der Waals surface area contributed by atoms with E-state index in [0.717, 1.165) is 38.4 Å². The van der Waals surface area contributed by atoms with Crippen molar-refractivity contribution in [1.82, 2.24) is 25.2 Å². The van der Waals surface area contributed by atoms with Gasteiger partial charge in [-0.3, -0.25) is 9.69 Å². The molecular formula is C16H21N5O2. The smallest absolute Gasteiger partial charge is 0.276 e. The quantitative estimate of drug-likeness (QED) is 0.888. The maximum atomic E-state index is 12.1. The van der Waals surface area contributed by atoms with E-state index in [1.807, 2.05) is 0 Å². The van der Waals surface area contributed by atoms with Gasteiger partial charge in [-0.05, 0) is 11.1 Å². The summed E-state index contributed by atoms with van der Waals surface area (Å²) in [5.74, 6) is -0.142. The van der Waals surface area contributed by atoms with Crippen LogP contribution in [0.5, 0.6) is 0 Å². The minimum atomic E-state index is -0.142. The van der Waals surface area contributed by atoms with E-state index in [9.17, 15) is 4.79 Å². The topological polar surface area (TPSA) is 74.3 Å². The third kappa shape index (κ3) is 4.14. The van der Waals surface area contributed by atoms with E-state index in [4.69, 9.17) is 4.74 Å². The zero-order chi connectivity index (χ0) is 16.1. The monoisotopic (exact) mass is 315 g/mol. The van der Waals surface area contributed by atoms with Gasteiger partial charge in [0.15, 0.2) is 5.69 Å². The van der Waals surface area contributed by atoms with Crippen molar-refractivity contribution in [1.29, 1.82) is 0 Å². The zero-order valence-corrected chi connectivity index (χ0v) is 13.2. The summed E-state index contributed by atoms with van der Waals surface area (Å²) in [4.78, 5) is 16.1. The number of benzene rings is 1. The molecule has 1 aliphatic rings. The van der Waals surface area contributed by atoms with Crippen LogP contribution in [0.15, 0.2) is 30.5 Å². The van der Waals surface area contributed by atoms with Gasteiger partial charge < -0.3 is 9.64 Å². The van der Waals surface area contributed by atoms with Gasteiger partial charge in [0, 0.05) is 33.2 Å². The van der Waals surface area contributed by atoms with Crippen LogP contribution >= 0.6 is 0 Å². The highest BCUT2D eigenvalue weighted by Crippen LogP contribution is 2.11. The van der Waals surface area contributed by atoms with Crippen LogP contribution in [-0.4, -0.2) is 64.5 Å². The average molecular weight is 315 g/mol. The molecule has 1 aromatic heterocycles. The number of hydrogen-bond donors (Lipinski definition) is 1. The molecule has 7 heteroatoms. The summed E-state index contributed by atoms with van der Waals surface area (Å²) in [6.07, 6.45) is 1.43. The van der Waals surface area contributed by atoms with Crippen LogP contribution < -0.4 is 0 Å².